The number of aryl methyl sites for hydroxylation is 1. The number of nitrogens with two attached hydrogens (primary N) is 1. The van der Waals surface area contributed by atoms with E-state index in [1.807, 2.05) is 0 Å². The molecular weight excluding hydrogens is 230 g/mol. The van der Waals surface area contributed by atoms with Crippen molar-refractivity contribution in [2.75, 3.05) is 17.6 Å². The number of anilines is 2. The molecule has 0 fully saturated rings. The fourth-order valence-corrected chi connectivity index (χ4v) is 1.77. The van der Waals surface area contributed by atoms with Crippen molar-refractivity contribution in [3.8, 4) is 0 Å². The van der Waals surface area contributed by atoms with Crippen LogP contribution < -0.4 is 16.6 Å². The van der Waals surface area contributed by atoms with Gasteiger partial charge in [-0.15, -0.1) is 0 Å². The van der Waals surface area contributed by atoms with Gasteiger partial charge in [-0.25, -0.2) is 4.98 Å². The Morgan fingerprint density at radius 2 is 2.22 bits per heavy atom. The van der Waals surface area contributed by atoms with Crippen LogP contribution in [-0.4, -0.2) is 21.1 Å². The van der Waals surface area contributed by atoms with E-state index in [9.17, 15) is 4.79 Å². The lowest BCUT2D eigenvalue weighted by Crippen LogP contribution is -2.19. The van der Waals surface area contributed by atoms with Crippen LogP contribution in [0.4, 0.5) is 11.8 Å². The first-order valence-corrected chi connectivity index (χ1v) is 6.00. The van der Waals surface area contributed by atoms with Crippen molar-refractivity contribution >= 4 is 22.7 Å². The zero-order valence-corrected chi connectivity index (χ0v) is 10.6. The zero-order valence-electron chi connectivity index (χ0n) is 10.6. The molecular formula is C12H17N5O. The van der Waals surface area contributed by atoms with Crippen LogP contribution in [0, 0.1) is 0 Å². The maximum absolute atomic E-state index is 12.1. The van der Waals surface area contributed by atoms with E-state index in [4.69, 9.17) is 5.73 Å². The number of hydrogen-bond acceptors (Lipinski definition) is 5. The molecule has 2 heterocycles. The van der Waals surface area contributed by atoms with Crippen LogP contribution in [0.3, 0.4) is 0 Å². The maximum atomic E-state index is 12.1. The molecule has 0 aliphatic carbocycles. The Morgan fingerprint density at radius 3 is 2.94 bits per heavy atom. The first kappa shape index (κ1) is 12.3. The molecule has 0 bridgehead atoms. The Morgan fingerprint density at radius 1 is 1.44 bits per heavy atom. The molecule has 6 nitrogen and oxygen atoms in total. The summed E-state index contributed by atoms with van der Waals surface area (Å²) in [6.07, 6.45) is 3.76. The minimum atomic E-state index is -0.119. The molecule has 0 atom stereocenters. The monoisotopic (exact) mass is 247 g/mol. The highest BCUT2D eigenvalue weighted by molar-refractivity contribution is 5.88. The number of nitrogens with zero attached hydrogens (tertiary/aromatic N) is 3. The van der Waals surface area contributed by atoms with Gasteiger partial charge >= 0.3 is 0 Å². The lowest BCUT2D eigenvalue weighted by Gasteiger charge is -2.09. The van der Waals surface area contributed by atoms with Gasteiger partial charge in [0.05, 0.1) is 5.52 Å². The number of nitrogen functional groups attached to an aromatic ring is 1. The summed E-state index contributed by atoms with van der Waals surface area (Å²) in [5, 5.41) is 3.64. The van der Waals surface area contributed by atoms with Gasteiger partial charge in [0.2, 0.25) is 5.95 Å². The van der Waals surface area contributed by atoms with Crippen LogP contribution in [0.1, 0.15) is 19.8 Å². The molecule has 0 radical (unpaired) electrons. The average molecular weight is 247 g/mol. The molecule has 2 aromatic heterocycles. The summed E-state index contributed by atoms with van der Waals surface area (Å²) < 4.78 is 1.51. The number of nitrogens with one attached hydrogen (secondary N) is 1. The largest absolute Gasteiger partial charge is 0.369 e. The molecule has 18 heavy (non-hydrogen) atoms. The summed E-state index contributed by atoms with van der Waals surface area (Å²) in [5.41, 5.74) is 6.10. The molecule has 0 aliphatic rings. The number of aromatic nitrogens is 3. The summed E-state index contributed by atoms with van der Waals surface area (Å²) in [6, 6.07) is 1.76. The fraction of sp³-hybridized carbons (Fsp3) is 0.417. The first-order valence-electron chi connectivity index (χ1n) is 6.00. The molecule has 6 heteroatoms. The van der Waals surface area contributed by atoms with Gasteiger partial charge in [0.25, 0.3) is 5.56 Å². The van der Waals surface area contributed by atoms with Crippen LogP contribution in [0.2, 0.25) is 0 Å². The topological polar surface area (TPSA) is 85.8 Å². The van der Waals surface area contributed by atoms with E-state index in [2.05, 4.69) is 22.2 Å². The van der Waals surface area contributed by atoms with E-state index in [-0.39, 0.29) is 11.5 Å². The molecule has 0 aromatic carbocycles. The van der Waals surface area contributed by atoms with Gasteiger partial charge in [-0.3, -0.25) is 4.79 Å². The Labute approximate surface area is 105 Å². The molecule has 96 valence electrons. The Bertz CT molecular complexity index is 620. The Balaban J connectivity index is 2.55. The number of unbranched alkanes of at least 4 members (excludes halogenated alkanes) is 1. The van der Waals surface area contributed by atoms with Gasteiger partial charge < -0.3 is 15.6 Å². The second kappa shape index (κ2) is 5.03. The third-order valence-electron chi connectivity index (χ3n) is 2.77. The normalized spacial score (nSPS) is 10.8. The van der Waals surface area contributed by atoms with Crippen LogP contribution in [0.15, 0.2) is 17.1 Å². The first-order chi connectivity index (χ1) is 8.63. The van der Waals surface area contributed by atoms with E-state index in [1.165, 1.54) is 4.57 Å². The highest BCUT2D eigenvalue weighted by Gasteiger charge is 2.10. The van der Waals surface area contributed by atoms with Crippen molar-refractivity contribution in [2.45, 2.75) is 19.8 Å². The van der Waals surface area contributed by atoms with Gasteiger partial charge in [0.1, 0.15) is 11.2 Å². The van der Waals surface area contributed by atoms with Crippen molar-refractivity contribution in [3.05, 3.63) is 22.6 Å². The molecule has 0 aliphatic heterocycles. The molecule has 0 saturated carbocycles. The molecule has 2 rings (SSSR count). The Hall–Kier alpha value is -2.11. The lowest BCUT2D eigenvalue weighted by atomic mass is 10.2. The summed E-state index contributed by atoms with van der Waals surface area (Å²) >= 11 is 0. The number of rotatable bonds is 4. The smallest absolute Gasteiger partial charge is 0.263 e. The molecule has 0 amide bonds. The summed E-state index contributed by atoms with van der Waals surface area (Å²) in [4.78, 5) is 20.3. The standard InChI is InChI=1S/C12H17N5O/c1-3-4-6-14-10-9-8(15-12(13)16-10)5-7-17(2)11(9)18/h5,7H,3-4,6H2,1-2H3,(H3,13,14,15,16). The minimum absolute atomic E-state index is 0.119. The van der Waals surface area contributed by atoms with E-state index in [0.29, 0.717) is 16.7 Å². The van der Waals surface area contributed by atoms with E-state index in [1.54, 1.807) is 19.3 Å². The quantitative estimate of drug-likeness (QED) is 0.791. The minimum Gasteiger partial charge on any atom is -0.369 e. The van der Waals surface area contributed by atoms with Crippen molar-refractivity contribution in [3.63, 3.8) is 0 Å². The van der Waals surface area contributed by atoms with E-state index < -0.39 is 0 Å². The zero-order chi connectivity index (χ0) is 13.1. The molecule has 2 aromatic rings. The molecule has 0 unspecified atom stereocenters. The average Bonchev–Trinajstić information content (AvgIpc) is 2.34. The number of hydrogen-bond donors (Lipinski definition) is 2. The third kappa shape index (κ3) is 2.27. The van der Waals surface area contributed by atoms with Gasteiger partial charge in [0.15, 0.2) is 0 Å². The van der Waals surface area contributed by atoms with Crippen LogP contribution in [0.25, 0.3) is 10.9 Å². The van der Waals surface area contributed by atoms with Crippen LogP contribution in [0.5, 0.6) is 0 Å². The lowest BCUT2D eigenvalue weighted by molar-refractivity contribution is 0.830. The van der Waals surface area contributed by atoms with Gasteiger partial charge in [0, 0.05) is 19.8 Å². The molecule has 3 N–H and O–H groups in total. The van der Waals surface area contributed by atoms with Gasteiger partial charge in [-0.2, -0.15) is 4.98 Å². The predicted molar refractivity (Wildman–Crippen MR) is 72.6 cm³/mol. The summed E-state index contributed by atoms with van der Waals surface area (Å²) in [5.74, 6) is 0.696. The summed E-state index contributed by atoms with van der Waals surface area (Å²) in [7, 11) is 1.70. The highest BCUT2D eigenvalue weighted by atomic mass is 16.1. The predicted octanol–water partition coefficient (Wildman–Crippen LogP) is 1.12. The van der Waals surface area contributed by atoms with Gasteiger partial charge in [-0.1, -0.05) is 13.3 Å². The fourth-order valence-electron chi connectivity index (χ4n) is 1.77. The Kier molecular flexibility index (Phi) is 3.45. The van der Waals surface area contributed by atoms with Crippen molar-refractivity contribution in [1.82, 2.24) is 14.5 Å². The van der Waals surface area contributed by atoms with Gasteiger partial charge in [-0.05, 0) is 12.5 Å². The molecule has 0 spiro atoms. The SMILES string of the molecule is CCCCNc1nc(N)nc2ccn(C)c(=O)c12. The van der Waals surface area contributed by atoms with Crippen molar-refractivity contribution in [2.24, 2.45) is 7.05 Å². The van der Waals surface area contributed by atoms with E-state index >= 15 is 0 Å². The van der Waals surface area contributed by atoms with Crippen LogP contribution in [-0.2, 0) is 7.05 Å². The van der Waals surface area contributed by atoms with Crippen molar-refractivity contribution in [1.29, 1.82) is 0 Å². The van der Waals surface area contributed by atoms with Crippen molar-refractivity contribution < 1.29 is 0 Å². The third-order valence-corrected chi connectivity index (χ3v) is 2.77. The maximum Gasteiger partial charge on any atom is 0.263 e. The highest BCUT2D eigenvalue weighted by Crippen LogP contribution is 2.17. The second-order valence-electron chi connectivity index (χ2n) is 4.20. The second-order valence-corrected chi connectivity index (χ2v) is 4.20. The number of pyridine rings is 1. The molecule has 0 saturated heterocycles. The van der Waals surface area contributed by atoms with Crippen LogP contribution >= 0.6 is 0 Å². The van der Waals surface area contributed by atoms with E-state index in [0.717, 1.165) is 19.4 Å². The summed E-state index contributed by atoms with van der Waals surface area (Å²) in [6.45, 7) is 2.87. The number of fused-ring (bicyclic) bond motifs is 1.